The zero-order valence-corrected chi connectivity index (χ0v) is 20.5. The fourth-order valence-electron chi connectivity index (χ4n) is 6.40. The second-order valence-corrected chi connectivity index (χ2v) is 11.5. The van der Waals surface area contributed by atoms with Crippen LogP contribution in [0.15, 0.2) is 84.5 Å². The quantitative estimate of drug-likeness (QED) is 0.294. The molecule has 1 radical (unpaired) electrons. The van der Waals surface area contributed by atoms with Crippen LogP contribution in [0.4, 0.5) is 0 Å². The standard InChI is InChI=1S/C33H31O/c1-32(2)16-15-27-24(18-32)19-33(3,4)31-28-13-10-22(17-23(28)11-14-29(27)31)26-12-9-21-7-5-6-8-25(21)30(26)20-34/h5-17H,18-20H2,1-4H3. The molecule has 0 aliphatic heterocycles. The lowest BCUT2D eigenvalue weighted by Crippen LogP contribution is -2.27. The number of hydrogen-bond donors (Lipinski definition) is 0. The Hall–Kier alpha value is -3.16. The van der Waals surface area contributed by atoms with Gasteiger partial charge in [-0.1, -0.05) is 106 Å². The van der Waals surface area contributed by atoms with Crippen molar-refractivity contribution in [2.75, 3.05) is 0 Å². The van der Waals surface area contributed by atoms with E-state index in [0.717, 1.165) is 40.3 Å². The molecule has 0 fully saturated rings. The molecule has 1 nitrogen and oxygen atoms in total. The van der Waals surface area contributed by atoms with Crippen molar-refractivity contribution >= 4 is 27.1 Å². The molecule has 0 spiro atoms. The Kier molecular flexibility index (Phi) is 4.66. The Labute approximate surface area is 202 Å². The van der Waals surface area contributed by atoms with Crippen LogP contribution in [-0.2, 0) is 17.1 Å². The number of rotatable bonds is 2. The zero-order valence-electron chi connectivity index (χ0n) is 20.5. The van der Waals surface area contributed by atoms with Crippen LogP contribution in [0.5, 0.6) is 0 Å². The van der Waals surface area contributed by atoms with Crippen LogP contribution in [0.2, 0.25) is 0 Å². The lowest BCUT2D eigenvalue weighted by Gasteiger charge is -2.40. The van der Waals surface area contributed by atoms with Crippen molar-refractivity contribution in [3.05, 3.63) is 101 Å². The molecule has 4 aromatic carbocycles. The normalized spacial score (nSPS) is 18.3. The molecule has 0 bridgehead atoms. The first-order valence-corrected chi connectivity index (χ1v) is 12.4. The maximum Gasteiger partial charge on any atom is 0.108 e. The van der Waals surface area contributed by atoms with E-state index in [9.17, 15) is 5.11 Å². The van der Waals surface area contributed by atoms with E-state index in [1.54, 1.807) is 5.57 Å². The van der Waals surface area contributed by atoms with Gasteiger partial charge in [0.25, 0.3) is 0 Å². The van der Waals surface area contributed by atoms with Crippen LogP contribution >= 0.6 is 0 Å². The molecule has 0 unspecified atom stereocenters. The smallest absolute Gasteiger partial charge is 0.108 e. The average Bonchev–Trinajstić information content (AvgIpc) is 2.81. The highest BCUT2D eigenvalue weighted by Gasteiger charge is 2.36. The Morgan fingerprint density at radius 1 is 0.765 bits per heavy atom. The Morgan fingerprint density at radius 3 is 2.35 bits per heavy atom. The second kappa shape index (κ2) is 7.42. The van der Waals surface area contributed by atoms with Crippen molar-refractivity contribution in [2.24, 2.45) is 5.41 Å². The Balaban J connectivity index is 1.54. The minimum absolute atomic E-state index is 0.0829. The third kappa shape index (κ3) is 3.26. The topological polar surface area (TPSA) is 19.9 Å². The molecular formula is C33H31O. The molecular weight excluding hydrogens is 412 g/mol. The van der Waals surface area contributed by atoms with Gasteiger partial charge in [0.15, 0.2) is 0 Å². The number of allylic oxidation sites excluding steroid dienone is 4. The molecule has 34 heavy (non-hydrogen) atoms. The van der Waals surface area contributed by atoms with E-state index in [1.165, 1.54) is 27.5 Å². The van der Waals surface area contributed by atoms with Crippen LogP contribution in [0.1, 0.15) is 57.2 Å². The molecule has 0 aromatic heterocycles. The van der Waals surface area contributed by atoms with Crippen molar-refractivity contribution in [1.82, 2.24) is 0 Å². The summed E-state index contributed by atoms with van der Waals surface area (Å²) in [5.74, 6) is 0. The van der Waals surface area contributed by atoms with E-state index in [4.69, 9.17) is 0 Å². The summed E-state index contributed by atoms with van der Waals surface area (Å²) in [5, 5.41) is 17.0. The van der Waals surface area contributed by atoms with Gasteiger partial charge in [-0.25, -0.2) is 5.11 Å². The predicted octanol–water partition coefficient (Wildman–Crippen LogP) is 9.01. The summed E-state index contributed by atoms with van der Waals surface area (Å²) in [6.07, 6.45) is 6.99. The van der Waals surface area contributed by atoms with Crippen LogP contribution in [-0.4, -0.2) is 0 Å². The van der Waals surface area contributed by atoms with E-state index in [1.807, 2.05) is 12.1 Å². The molecule has 0 amide bonds. The molecule has 0 saturated heterocycles. The highest BCUT2D eigenvalue weighted by molar-refractivity contribution is 5.98. The molecule has 0 heterocycles. The lowest BCUT2D eigenvalue weighted by molar-refractivity contribution is 0.179. The molecule has 2 aliphatic rings. The molecule has 4 aromatic rings. The largest absolute Gasteiger partial charge is 0.232 e. The predicted molar refractivity (Wildman–Crippen MR) is 143 cm³/mol. The molecule has 169 valence electrons. The first kappa shape index (κ1) is 21.4. The van der Waals surface area contributed by atoms with Gasteiger partial charge in [0, 0.05) is 0 Å². The van der Waals surface area contributed by atoms with Crippen LogP contribution in [0, 0.1) is 5.41 Å². The van der Waals surface area contributed by atoms with Crippen molar-refractivity contribution in [3.8, 4) is 11.1 Å². The monoisotopic (exact) mass is 443 g/mol. The van der Waals surface area contributed by atoms with Gasteiger partial charge in [-0.15, -0.1) is 0 Å². The zero-order chi connectivity index (χ0) is 23.7. The fourth-order valence-corrected chi connectivity index (χ4v) is 6.40. The minimum atomic E-state index is -0.217. The maximum absolute atomic E-state index is 12.2. The Bertz CT molecular complexity index is 1530. The van der Waals surface area contributed by atoms with Crippen LogP contribution < -0.4 is 0 Å². The molecule has 0 atom stereocenters. The van der Waals surface area contributed by atoms with Gasteiger partial charge in [-0.2, -0.15) is 0 Å². The summed E-state index contributed by atoms with van der Waals surface area (Å²) in [6, 6.07) is 23.8. The summed E-state index contributed by atoms with van der Waals surface area (Å²) in [6.45, 7) is 9.24. The average molecular weight is 444 g/mol. The van der Waals surface area contributed by atoms with E-state index in [-0.39, 0.29) is 17.4 Å². The number of fused-ring (bicyclic) bond motifs is 5. The summed E-state index contributed by atoms with van der Waals surface area (Å²) in [7, 11) is 0. The van der Waals surface area contributed by atoms with Gasteiger partial charge in [0.05, 0.1) is 0 Å². The summed E-state index contributed by atoms with van der Waals surface area (Å²) >= 11 is 0. The lowest BCUT2D eigenvalue weighted by atomic mass is 9.64. The van der Waals surface area contributed by atoms with Gasteiger partial charge in [0.2, 0.25) is 0 Å². The summed E-state index contributed by atoms with van der Waals surface area (Å²) < 4.78 is 0. The Morgan fingerprint density at radius 2 is 1.53 bits per heavy atom. The van der Waals surface area contributed by atoms with Crippen LogP contribution in [0.25, 0.3) is 38.2 Å². The van der Waals surface area contributed by atoms with Gasteiger partial charge in [-0.3, -0.25) is 0 Å². The van der Waals surface area contributed by atoms with Gasteiger partial charge in [0.1, 0.15) is 6.61 Å². The third-order valence-electron chi connectivity index (χ3n) is 7.89. The fraction of sp³-hybridized carbons (Fsp3) is 0.273. The number of hydrogen-bond acceptors (Lipinski definition) is 0. The SMILES string of the molecule is CC1(C)C=CC2=C(C1)CC(C)(C)c1c2ccc2cc(-c3ccc4ccccc4c3C[O])ccc12. The summed E-state index contributed by atoms with van der Waals surface area (Å²) in [4.78, 5) is 0. The first-order chi connectivity index (χ1) is 16.3. The highest BCUT2D eigenvalue weighted by atomic mass is 16.3. The minimum Gasteiger partial charge on any atom is -0.232 e. The van der Waals surface area contributed by atoms with E-state index in [0.29, 0.717) is 0 Å². The maximum atomic E-state index is 12.2. The molecule has 0 saturated carbocycles. The van der Waals surface area contributed by atoms with Crippen molar-refractivity contribution in [1.29, 1.82) is 0 Å². The molecule has 1 heteroatoms. The van der Waals surface area contributed by atoms with Crippen molar-refractivity contribution in [2.45, 2.75) is 52.6 Å². The molecule has 6 rings (SSSR count). The highest BCUT2D eigenvalue weighted by Crippen LogP contribution is 2.51. The van der Waals surface area contributed by atoms with Crippen molar-refractivity contribution in [3.63, 3.8) is 0 Å². The molecule has 2 aliphatic carbocycles. The van der Waals surface area contributed by atoms with E-state index >= 15 is 0 Å². The van der Waals surface area contributed by atoms with Gasteiger partial charge >= 0.3 is 0 Å². The van der Waals surface area contributed by atoms with Gasteiger partial charge in [-0.05, 0) is 84.7 Å². The van der Waals surface area contributed by atoms with E-state index < -0.39 is 0 Å². The first-order valence-electron chi connectivity index (χ1n) is 12.4. The third-order valence-corrected chi connectivity index (χ3v) is 7.89. The van der Waals surface area contributed by atoms with Crippen LogP contribution in [0.3, 0.4) is 0 Å². The number of benzene rings is 4. The summed E-state index contributed by atoms with van der Waals surface area (Å²) in [5.41, 5.74) is 9.26. The molecule has 0 N–H and O–H groups in total. The van der Waals surface area contributed by atoms with Crippen molar-refractivity contribution < 1.29 is 5.11 Å². The van der Waals surface area contributed by atoms with E-state index in [2.05, 4.69) is 94.4 Å². The second-order valence-electron chi connectivity index (χ2n) is 11.5. The van der Waals surface area contributed by atoms with Gasteiger partial charge < -0.3 is 0 Å².